The number of aromatic nitrogens is 2. The number of nitrogens with one attached hydrogen (secondary N) is 1. The Morgan fingerprint density at radius 1 is 1.33 bits per heavy atom. The summed E-state index contributed by atoms with van der Waals surface area (Å²) in [5.41, 5.74) is 1.82. The monoisotopic (exact) mass is 324 g/mol. The predicted molar refractivity (Wildman–Crippen MR) is 90.4 cm³/mol. The van der Waals surface area contributed by atoms with E-state index in [9.17, 15) is 4.79 Å². The molecule has 1 atom stereocenters. The second-order valence-corrected chi connectivity index (χ2v) is 6.24. The molecule has 0 radical (unpaired) electrons. The van der Waals surface area contributed by atoms with E-state index in [1.165, 1.54) is 0 Å². The van der Waals surface area contributed by atoms with Gasteiger partial charge in [0.05, 0.1) is 12.8 Å². The first kappa shape index (κ1) is 14.9. The zero-order valence-electron chi connectivity index (χ0n) is 13.4. The maximum absolute atomic E-state index is 12.6. The van der Waals surface area contributed by atoms with Crippen molar-refractivity contribution in [2.75, 3.05) is 24.6 Å². The number of fused-ring (bicyclic) bond motifs is 1. The summed E-state index contributed by atoms with van der Waals surface area (Å²) in [6, 6.07) is 5.80. The molecule has 124 valence electrons. The van der Waals surface area contributed by atoms with Crippen molar-refractivity contribution in [2.45, 2.75) is 25.3 Å². The Hall–Kier alpha value is -2.63. The molecule has 6 nitrogen and oxygen atoms in total. The minimum Gasteiger partial charge on any atom is -0.493 e. The predicted octanol–water partition coefficient (Wildman–Crippen LogP) is 1.81. The van der Waals surface area contributed by atoms with Crippen LogP contribution in [0.25, 0.3) is 0 Å². The van der Waals surface area contributed by atoms with E-state index < -0.39 is 0 Å². The summed E-state index contributed by atoms with van der Waals surface area (Å²) < 4.78 is 5.49. The Morgan fingerprint density at radius 3 is 3.17 bits per heavy atom. The molecule has 2 aliphatic heterocycles. The third-order valence-corrected chi connectivity index (χ3v) is 4.58. The molecule has 0 spiro atoms. The summed E-state index contributed by atoms with van der Waals surface area (Å²) in [7, 11) is 0. The second-order valence-electron chi connectivity index (χ2n) is 6.24. The molecule has 0 saturated carbocycles. The Balaban J connectivity index is 1.42. The number of amides is 1. The molecule has 2 aromatic rings. The van der Waals surface area contributed by atoms with Gasteiger partial charge >= 0.3 is 0 Å². The highest BCUT2D eigenvalue weighted by atomic mass is 16.5. The van der Waals surface area contributed by atoms with Gasteiger partial charge in [0.1, 0.15) is 11.6 Å². The molecule has 1 fully saturated rings. The summed E-state index contributed by atoms with van der Waals surface area (Å²) >= 11 is 0. The molecular formula is C18H20N4O2. The molecule has 3 heterocycles. The van der Waals surface area contributed by atoms with Crippen LogP contribution >= 0.6 is 0 Å². The first-order valence-corrected chi connectivity index (χ1v) is 8.37. The van der Waals surface area contributed by atoms with Gasteiger partial charge in [-0.05, 0) is 36.6 Å². The summed E-state index contributed by atoms with van der Waals surface area (Å²) in [5.74, 6) is 1.75. The number of hydrogen-bond acceptors (Lipinski definition) is 5. The van der Waals surface area contributed by atoms with Crippen molar-refractivity contribution in [2.24, 2.45) is 0 Å². The van der Waals surface area contributed by atoms with Gasteiger partial charge in [-0.1, -0.05) is 0 Å². The molecule has 2 aliphatic rings. The Kier molecular flexibility index (Phi) is 4.02. The average molecular weight is 324 g/mol. The molecule has 1 N–H and O–H groups in total. The van der Waals surface area contributed by atoms with Gasteiger partial charge in [0, 0.05) is 43.5 Å². The number of ether oxygens (including phenoxy) is 1. The van der Waals surface area contributed by atoms with Gasteiger partial charge in [-0.25, -0.2) is 4.98 Å². The minimum atomic E-state index is -0.0179. The van der Waals surface area contributed by atoms with Crippen LogP contribution in [-0.2, 0) is 6.42 Å². The van der Waals surface area contributed by atoms with E-state index in [0.29, 0.717) is 12.2 Å². The lowest BCUT2D eigenvalue weighted by Crippen LogP contribution is -2.48. The molecule has 6 heteroatoms. The van der Waals surface area contributed by atoms with Gasteiger partial charge in [0.2, 0.25) is 0 Å². The van der Waals surface area contributed by atoms with Crippen LogP contribution in [0.15, 0.2) is 36.8 Å². The molecule has 0 bridgehead atoms. The molecule has 1 unspecified atom stereocenters. The third kappa shape index (κ3) is 3.04. The summed E-state index contributed by atoms with van der Waals surface area (Å²) in [5, 5.41) is 3.16. The van der Waals surface area contributed by atoms with Gasteiger partial charge in [0.25, 0.3) is 5.91 Å². The van der Waals surface area contributed by atoms with Crippen molar-refractivity contribution < 1.29 is 9.53 Å². The molecule has 1 saturated heterocycles. The minimum absolute atomic E-state index is 0.0179. The topological polar surface area (TPSA) is 67.4 Å². The summed E-state index contributed by atoms with van der Waals surface area (Å²) in [4.78, 5) is 23.2. The van der Waals surface area contributed by atoms with Gasteiger partial charge < -0.3 is 15.0 Å². The highest BCUT2D eigenvalue weighted by Gasteiger charge is 2.23. The van der Waals surface area contributed by atoms with Crippen LogP contribution in [0.4, 0.5) is 5.82 Å². The van der Waals surface area contributed by atoms with Crippen molar-refractivity contribution >= 4 is 11.7 Å². The number of anilines is 1. The number of carbonyl (C=O) groups excluding carboxylic acids is 1. The standard InChI is InChI=1S/C18H20N4O2/c23-18(14-3-4-16-13(10-14)5-9-24-16)21-15-2-1-8-22(12-15)17-11-19-6-7-20-17/h3-4,6-7,10-11,15H,1-2,5,8-9,12H2,(H,21,23). The first-order valence-electron chi connectivity index (χ1n) is 8.37. The zero-order chi connectivity index (χ0) is 16.4. The number of piperidine rings is 1. The van der Waals surface area contributed by atoms with E-state index in [1.807, 2.05) is 18.2 Å². The van der Waals surface area contributed by atoms with Gasteiger partial charge in [-0.15, -0.1) is 0 Å². The lowest BCUT2D eigenvalue weighted by Gasteiger charge is -2.33. The van der Waals surface area contributed by atoms with Crippen molar-refractivity contribution in [1.82, 2.24) is 15.3 Å². The van der Waals surface area contributed by atoms with Crippen LogP contribution in [0.2, 0.25) is 0 Å². The van der Waals surface area contributed by atoms with E-state index >= 15 is 0 Å². The maximum atomic E-state index is 12.6. The van der Waals surface area contributed by atoms with Crippen molar-refractivity contribution in [1.29, 1.82) is 0 Å². The van der Waals surface area contributed by atoms with E-state index in [0.717, 1.165) is 49.5 Å². The molecular weight excluding hydrogens is 304 g/mol. The fourth-order valence-electron chi connectivity index (χ4n) is 3.35. The smallest absolute Gasteiger partial charge is 0.251 e. The third-order valence-electron chi connectivity index (χ3n) is 4.58. The molecule has 24 heavy (non-hydrogen) atoms. The SMILES string of the molecule is O=C(NC1CCCN(c2cnccn2)C1)c1ccc2c(c1)CCO2. The number of carbonyl (C=O) groups is 1. The molecule has 1 amide bonds. The number of rotatable bonds is 3. The van der Waals surface area contributed by atoms with Crippen LogP contribution in [0.1, 0.15) is 28.8 Å². The van der Waals surface area contributed by atoms with Crippen molar-refractivity contribution in [3.63, 3.8) is 0 Å². The lowest BCUT2D eigenvalue weighted by molar-refractivity contribution is 0.0933. The fourth-order valence-corrected chi connectivity index (χ4v) is 3.35. The quantitative estimate of drug-likeness (QED) is 0.933. The lowest BCUT2D eigenvalue weighted by atomic mass is 10.0. The van der Waals surface area contributed by atoms with E-state index in [-0.39, 0.29) is 11.9 Å². The maximum Gasteiger partial charge on any atom is 0.251 e. The van der Waals surface area contributed by atoms with E-state index in [4.69, 9.17) is 4.74 Å². The zero-order valence-corrected chi connectivity index (χ0v) is 13.4. The number of benzene rings is 1. The normalized spacial score (nSPS) is 19.5. The second kappa shape index (κ2) is 6.47. The fraction of sp³-hybridized carbons (Fsp3) is 0.389. The highest BCUT2D eigenvalue weighted by molar-refractivity contribution is 5.94. The van der Waals surface area contributed by atoms with Crippen molar-refractivity contribution in [3.8, 4) is 5.75 Å². The van der Waals surface area contributed by atoms with Crippen LogP contribution in [-0.4, -0.2) is 41.6 Å². The number of hydrogen-bond donors (Lipinski definition) is 1. The van der Waals surface area contributed by atoms with Crippen LogP contribution in [0, 0.1) is 0 Å². The number of nitrogens with zero attached hydrogens (tertiary/aromatic N) is 3. The Morgan fingerprint density at radius 2 is 2.29 bits per heavy atom. The first-order chi connectivity index (χ1) is 11.8. The highest BCUT2D eigenvalue weighted by Crippen LogP contribution is 2.26. The summed E-state index contributed by atoms with van der Waals surface area (Å²) in [6.07, 6.45) is 8.02. The average Bonchev–Trinajstić information content (AvgIpc) is 3.10. The molecule has 4 rings (SSSR count). The van der Waals surface area contributed by atoms with E-state index in [2.05, 4.69) is 20.2 Å². The van der Waals surface area contributed by atoms with Gasteiger partial charge in [-0.2, -0.15) is 0 Å². The Labute approximate surface area is 140 Å². The Bertz CT molecular complexity index is 735. The summed E-state index contributed by atoms with van der Waals surface area (Å²) in [6.45, 7) is 2.41. The van der Waals surface area contributed by atoms with Crippen LogP contribution in [0.5, 0.6) is 5.75 Å². The van der Waals surface area contributed by atoms with Crippen molar-refractivity contribution in [3.05, 3.63) is 47.9 Å². The van der Waals surface area contributed by atoms with Gasteiger partial charge in [-0.3, -0.25) is 9.78 Å². The largest absolute Gasteiger partial charge is 0.493 e. The van der Waals surface area contributed by atoms with Crippen LogP contribution in [0.3, 0.4) is 0 Å². The molecule has 1 aromatic heterocycles. The molecule has 1 aromatic carbocycles. The molecule has 0 aliphatic carbocycles. The van der Waals surface area contributed by atoms with Gasteiger partial charge in [0.15, 0.2) is 0 Å². The van der Waals surface area contributed by atoms with E-state index in [1.54, 1.807) is 18.6 Å². The van der Waals surface area contributed by atoms with Crippen LogP contribution < -0.4 is 15.0 Å².